The minimum atomic E-state index is -4.10. The van der Waals surface area contributed by atoms with Crippen LogP contribution in [-0.2, 0) is 18.4 Å². The summed E-state index contributed by atoms with van der Waals surface area (Å²) in [6.45, 7) is 2.04. The third-order valence-corrected chi connectivity index (χ3v) is 2.04. The molecule has 6 heteroatoms. The summed E-state index contributed by atoms with van der Waals surface area (Å²) in [7, 11) is -4.10. The van der Waals surface area contributed by atoms with Crippen molar-refractivity contribution < 1.29 is 23.3 Å². The number of carbonyl (C=O) groups excluding carboxylic acids is 1. The van der Waals surface area contributed by atoms with E-state index in [2.05, 4.69) is 9.05 Å². The van der Waals surface area contributed by atoms with Crippen molar-refractivity contribution in [3.05, 3.63) is 0 Å². The molecule has 1 unspecified atom stereocenters. The lowest BCUT2D eigenvalue weighted by Crippen LogP contribution is -1.95. The Bertz CT molecular complexity index is 169. The van der Waals surface area contributed by atoms with Gasteiger partial charge in [0, 0.05) is 0 Å². The van der Waals surface area contributed by atoms with Crippen LogP contribution in [0.25, 0.3) is 0 Å². The van der Waals surface area contributed by atoms with Gasteiger partial charge < -0.3 is 4.52 Å². The Labute approximate surface area is 71.3 Å². The smallest absolute Gasteiger partial charge is 0.373 e. The largest absolute Gasteiger partial charge is 0.529 e. The molecule has 0 aromatic carbocycles. The molecule has 72 valence electrons. The Morgan fingerprint density at radius 1 is 1.50 bits per heavy atom. The second kappa shape index (κ2) is 6.17. The van der Waals surface area contributed by atoms with E-state index < -0.39 is 7.82 Å². The van der Waals surface area contributed by atoms with Crippen molar-refractivity contribution in [2.24, 2.45) is 0 Å². The molecule has 0 aliphatic rings. The van der Waals surface area contributed by atoms with Gasteiger partial charge in [-0.2, -0.15) is 0 Å². The highest BCUT2D eigenvalue weighted by Gasteiger charge is 2.20. The van der Waals surface area contributed by atoms with E-state index in [1.807, 2.05) is 6.92 Å². The summed E-state index contributed by atoms with van der Waals surface area (Å²) in [4.78, 5) is 18.4. The van der Waals surface area contributed by atoms with E-state index in [4.69, 9.17) is 4.89 Å². The molecule has 0 aromatic rings. The molecule has 12 heavy (non-hydrogen) atoms. The molecule has 0 rings (SSSR count). The second-order valence-corrected chi connectivity index (χ2v) is 3.62. The van der Waals surface area contributed by atoms with Gasteiger partial charge in [-0.1, -0.05) is 19.8 Å². The Morgan fingerprint density at radius 2 is 2.17 bits per heavy atom. The third-order valence-electron chi connectivity index (χ3n) is 1.18. The predicted octanol–water partition coefficient (Wildman–Crippen LogP) is 1.47. The molecule has 0 saturated heterocycles. The Kier molecular flexibility index (Phi) is 5.98. The topological polar surface area (TPSA) is 72.8 Å². The molecular weight excluding hydrogens is 183 g/mol. The molecule has 5 nitrogen and oxygen atoms in total. The molecule has 0 saturated carbocycles. The molecule has 1 atom stereocenters. The number of hydrogen-bond donors (Lipinski definition) is 1. The van der Waals surface area contributed by atoms with Crippen LogP contribution in [0.1, 0.15) is 26.2 Å². The Balaban J connectivity index is 3.47. The summed E-state index contributed by atoms with van der Waals surface area (Å²) in [6.07, 6.45) is 2.60. The monoisotopic (exact) mass is 196 g/mol. The van der Waals surface area contributed by atoms with Gasteiger partial charge in [-0.05, 0) is 6.42 Å². The van der Waals surface area contributed by atoms with Gasteiger partial charge in [-0.25, -0.2) is 4.57 Å². The number of phosphoric acid groups is 1. The lowest BCUT2D eigenvalue weighted by Gasteiger charge is -2.07. The van der Waals surface area contributed by atoms with Crippen molar-refractivity contribution in [3.63, 3.8) is 0 Å². The SMILES string of the molecule is CCCCCOP(=O)(O)OC=O. The van der Waals surface area contributed by atoms with E-state index in [1.165, 1.54) is 0 Å². The van der Waals surface area contributed by atoms with E-state index in [0.29, 0.717) is 6.42 Å². The molecule has 1 N–H and O–H groups in total. The Morgan fingerprint density at radius 3 is 2.67 bits per heavy atom. The average molecular weight is 196 g/mol. The average Bonchev–Trinajstić information content (AvgIpc) is 1.98. The van der Waals surface area contributed by atoms with Crippen LogP contribution in [-0.4, -0.2) is 18.0 Å². The fourth-order valence-corrected chi connectivity index (χ4v) is 1.15. The van der Waals surface area contributed by atoms with Crippen LogP contribution in [0.3, 0.4) is 0 Å². The quantitative estimate of drug-likeness (QED) is 0.379. The van der Waals surface area contributed by atoms with Crippen LogP contribution in [0, 0.1) is 0 Å². The van der Waals surface area contributed by atoms with Gasteiger partial charge in [-0.15, -0.1) is 0 Å². The first kappa shape index (κ1) is 11.6. The molecule has 0 aliphatic heterocycles. The van der Waals surface area contributed by atoms with Gasteiger partial charge in [0.15, 0.2) is 0 Å². The summed E-state index contributed by atoms with van der Waals surface area (Å²) in [5, 5.41) is 0. The maximum atomic E-state index is 10.7. The van der Waals surface area contributed by atoms with Crippen molar-refractivity contribution in [2.45, 2.75) is 26.2 Å². The van der Waals surface area contributed by atoms with Gasteiger partial charge >= 0.3 is 14.3 Å². The van der Waals surface area contributed by atoms with E-state index >= 15 is 0 Å². The lowest BCUT2D eigenvalue weighted by atomic mass is 10.3. The number of rotatable bonds is 7. The molecular formula is C6H13O5P. The zero-order chi connectivity index (χ0) is 9.45. The molecule has 0 fully saturated rings. The van der Waals surface area contributed by atoms with E-state index in [9.17, 15) is 9.36 Å². The predicted molar refractivity (Wildman–Crippen MR) is 42.5 cm³/mol. The summed E-state index contributed by atoms with van der Waals surface area (Å²) < 4.78 is 18.9. The zero-order valence-electron chi connectivity index (χ0n) is 6.93. The highest BCUT2D eigenvalue weighted by atomic mass is 31.2. The molecule has 0 spiro atoms. The fourth-order valence-electron chi connectivity index (χ4n) is 0.617. The third kappa shape index (κ3) is 6.34. The van der Waals surface area contributed by atoms with Crippen LogP contribution >= 0.6 is 7.82 Å². The van der Waals surface area contributed by atoms with E-state index in [1.54, 1.807) is 0 Å². The first-order chi connectivity index (χ1) is 5.62. The van der Waals surface area contributed by atoms with Crippen molar-refractivity contribution in [2.75, 3.05) is 6.61 Å². The number of unbranched alkanes of at least 4 members (excludes halogenated alkanes) is 2. The minimum Gasteiger partial charge on any atom is -0.373 e. The molecule has 0 heterocycles. The highest BCUT2D eigenvalue weighted by Crippen LogP contribution is 2.42. The van der Waals surface area contributed by atoms with Crippen LogP contribution in [0.2, 0.25) is 0 Å². The Hall–Kier alpha value is -0.380. The van der Waals surface area contributed by atoms with E-state index in [0.717, 1.165) is 12.8 Å². The zero-order valence-corrected chi connectivity index (χ0v) is 7.83. The highest BCUT2D eigenvalue weighted by molar-refractivity contribution is 7.47. The number of hydrogen-bond acceptors (Lipinski definition) is 4. The molecule has 0 bridgehead atoms. The summed E-state index contributed by atoms with van der Waals surface area (Å²) >= 11 is 0. The maximum Gasteiger partial charge on any atom is 0.529 e. The van der Waals surface area contributed by atoms with Crippen molar-refractivity contribution in [1.82, 2.24) is 0 Å². The summed E-state index contributed by atoms with van der Waals surface area (Å²) in [5.74, 6) is 0. The number of carbonyl (C=O) groups is 1. The van der Waals surface area contributed by atoms with Crippen molar-refractivity contribution in [3.8, 4) is 0 Å². The van der Waals surface area contributed by atoms with Gasteiger partial charge in [0.25, 0.3) is 0 Å². The summed E-state index contributed by atoms with van der Waals surface area (Å²) in [5.41, 5.74) is 0. The van der Waals surface area contributed by atoms with E-state index in [-0.39, 0.29) is 13.1 Å². The van der Waals surface area contributed by atoms with Crippen molar-refractivity contribution >= 4 is 14.3 Å². The van der Waals surface area contributed by atoms with Gasteiger partial charge in [-0.3, -0.25) is 14.2 Å². The van der Waals surface area contributed by atoms with Crippen LogP contribution in [0.5, 0.6) is 0 Å². The first-order valence-electron chi connectivity index (χ1n) is 3.71. The van der Waals surface area contributed by atoms with Crippen LogP contribution < -0.4 is 0 Å². The molecule has 0 amide bonds. The summed E-state index contributed by atoms with van der Waals surface area (Å²) in [6, 6.07) is 0. The molecule has 0 aromatic heterocycles. The lowest BCUT2D eigenvalue weighted by molar-refractivity contribution is -0.122. The maximum absolute atomic E-state index is 10.7. The standard InChI is InChI=1S/C6H13O5P/c1-2-3-4-5-10-12(8,9)11-6-7/h6H,2-5H2,1H3,(H,8,9). The van der Waals surface area contributed by atoms with Gasteiger partial charge in [0.05, 0.1) is 6.61 Å². The minimum absolute atomic E-state index is 0.0966. The normalized spacial score (nSPS) is 15.2. The van der Waals surface area contributed by atoms with Crippen LogP contribution in [0.4, 0.5) is 0 Å². The van der Waals surface area contributed by atoms with Gasteiger partial charge in [0.2, 0.25) is 0 Å². The fraction of sp³-hybridized carbons (Fsp3) is 0.833. The second-order valence-electron chi connectivity index (χ2n) is 2.21. The molecule has 0 radical (unpaired) electrons. The van der Waals surface area contributed by atoms with Gasteiger partial charge in [0.1, 0.15) is 0 Å². The number of phosphoric ester groups is 1. The van der Waals surface area contributed by atoms with Crippen LogP contribution in [0.15, 0.2) is 0 Å². The molecule has 0 aliphatic carbocycles. The van der Waals surface area contributed by atoms with Crippen molar-refractivity contribution in [1.29, 1.82) is 0 Å². The first-order valence-corrected chi connectivity index (χ1v) is 5.21.